The number of aliphatic hydroxyl groups is 1. The van der Waals surface area contributed by atoms with E-state index in [0.29, 0.717) is 0 Å². The van der Waals surface area contributed by atoms with E-state index in [-0.39, 0.29) is 25.1 Å². The minimum absolute atomic E-state index is 0.0202. The van der Waals surface area contributed by atoms with Gasteiger partial charge in [-0.1, -0.05) is 25.1 Å². The van der Waals surface area contributed by atoms with Gasteiger partial charge < -0.3 is 15.0 Å². The lowest BCUT2D eigenvalue weighted by Crippen LogP contribution is -2.38. The lowest BCUT2D eigenvalue weighted by molar-refractivity contribution is -0.122. The fraction of sp³-hybridized carbons (Fsp3) is 0.400. The second kappa shape index (κ2) is 5.89. The van der Waals surface area contributed by atoms with Crippen LogP contribution in [-0.2, 0) is 11.3 Å². The van der Waals surface area contributed by atoms with Gasteiger partial charge >= 0.3 is 0 Å². The Labute approximate surface area is 113 Å². The van der Waals surface area contributed by atoms with Crippen LogP contribution in [0.3, 0.4) is 0 Å². The predicted octanol–water partition coefficient (Wildman–Crippen LogP) is 1.84. The zero-order chi connectivity index (χ0) is 13.8. The molecule has 4 heteroatoms. The standard InChI is InChI=1S/C15H20N2O2/c1-3-13(10-18)16-15(19)9-17-11(2)8-12-6-4-5-7-14(12)17/h4-8,13,18H,3,9-10H2,1-2H3,(H,16,19)/t13-/m0/s1. The largest absolute Gasteiger partial charge is 0.394 e. The molecule has 2 rings (SSSR count). The summed E-state index contributed by atoms with van der Waals surface area (Å²) in [6.45, 7) is 4.21. The van der Waals surface area contributed by atoms with Crippen LogP contribution in [0.5, 0.6) is 0 Å². The van der Waals surface area contributed by atoms with Gasteiger partial charge in [0.25, 0.3) is 0 Å². The average Bonchev–Trinajstić information content (AvgIpc) is 2.72. The molecule has 1 heterocycles. The van der Waals surface area contributed by atoms with Crippen molar-refractivity contribution in [3.05, 3.63) is 36.0 Å². The zero-order valence-corrected chi connectivity index (χ0v) is 11.4. The summed E-state index contributed by atoms with van der Waals surface area (Å²) in [4.78, 5) is 12.0. The molecule has 0 saturated carbocycles. The maximum atomic E-state index is 12.0. The van der Waals surface area contributed by atoms with Crippen LogP contribution in [0.2, 0.25) is 0 Å². The van der Waals surface area contributed by atoms with Crippen molar-refractivity contribution in [3.8, 4) is 0 Å². The maximum Gasteiger partial charge on any atom is 0.240 e. The number of aliphatic hydroxyl groups excluding tert-OH is 1. The van der Waals surface area contributed by atoms with Gasteiger partial charge in [0.1, 0.15) is 6.54 Å². The summed E-state index contributed by atoms with van der Waals surface area (Å²) in [7, 11) is 0. The van der Waals surface area contributed by atoms with Gasteiger partial charge in [-0.2, -0.15) is 0 Å². The Morgan fingerprint density at radius 1 is 1.42 bits per heavy atom. The zero-order valence-electron chi connectivity index (χ0n) is 11.4. The molecule has 0 aliphatic heterocycles. The second-order valence-corrected chi connectivity index (χ2v) is 4.79. The molecule has 0 fully saturated rings. The molecule has 0 aliphatic rings. The van der Waals surface area contributed by atoms with Gasteiger partial charge in [-0.15, -0.1) is 0 Å². The molecular weight excluding hydrogens is 240 g/mol. The van der Waals surface area contributed by atoms with Crippen molar-refractivity contribution in [1.82, 2.24) is 9.88 Å². The lowest BCUT2D eigenvalue weighted by atomic mass is 10.2. The quantitative estimate of drug-likeness (QED) is 0.862. The Hall–Kier alpha value is -1.81. The first kappa shape index (κ1) is 13.6. The van der Waals surface area contributed by atoms with Crippen LogP contribution in [0, 0.1) is 6.92 Å². The Balaban J connectivity index is 2.17. The molecule has 0 bridgehead atoms. The van der Waals surface area contributed by atoms with Crippen LogP contribution >= 0.6 is 0 Å². The number of rotatable bonds is 5. The topological polar surface area (TPSA) is 54.3 Å². The number of nitrogens with zero attached hydrogens (tertiary/aromatic N) is 1. The number of hydrogen-bond acceptors (Lipinski definition) is 2. The summed E-state index contributed by atoms with van der Waals surface area (Å²) in [5.41, 5.74) is 2.13. The molecule has 102 valence electrons. The van der Waals surface area contributed by atoms with Crippen molar-refractivity contribution in [3.63, 3.8) is 0 Å². The number of nitrogens with one attached hydrogen (secondary N) is 1. The summed E-state index contributed by atoms with van der Waals surface area (Å²) in [6, 6.07) is 9.93. The normalized spacial score (nSPS) is 12.6. The highest BCUT2D eigenvalue weighted by Gasteiger charge is 2.12. The Bertz CT molecular complexity index is 571. The van der Waals surface area contributed by atoms with Crippen LogP contribution in [0.25, 0.3) is 10.9 Å². The van der Waals surface area contributed by atoms with Crippen molar-refractivity contribution in [2.75, 3.05) is 6.61 Å². The summed E-state index contributed by atoms with van der Waals surface area (Å²) < 4.78 is 1.99. The highest BCUT2D eigenvalue weighted by atomic mass is 16.3. The minimum atomic E-state index is -0.158. The van der Waals surface area contributed by atoms with E-state index >= 15 is 0 Å². The molecule has 0 unspecified atom stereocenters. The van der Waals surface area contributed by atoms with Crippen molar-refractivity contribution in [1.29, 1.82) is 0 Å². The van der Waals surface area contributed by atoms with Gasteiger partial charge in [-0.25, -0.2) is 0 Å². The number of carbonyl (C=O) groups excluding carboxylic acids is 1. The van der Waals surface area contributed by atoms with E-state index in [1.807, 2.05) is 42.7 Å². The van der Waals surface area contributed by atoms with Crippen LogP contribution in [0.1, 0.15) is 19.0 Å². The number of amides is 1. The van der Waals surface area contributed by atoms with Gasteiger partial charge in [0.15, 0.2) is 0 Å². The molecule has 4 nitrogen and oxygen atoms in total. The smallest absolute Gasteiger partial charge is 0.240 e. The fourth-order valence-electron chi connectivity index (χ4n) is 2.25. The van der Waals surface area contributed by atoms with Gasteiger partial charge in [0, 0.05) is 11.2 Å². The monoisotopic (exact) mass is 260 g/mol. The molecule has 2 aromatic rings. The number of carbonyl (C=O) groups is 1. The van der Waals surface area contributed by atoms with E-state index in [1.165, 1.54) is 0 Å². The van der Waals surface area contributed by atoms with E-state index in [0.717, 1.165) is 23.0 Å². The number of fused-ring (bicyclic) bond motifs is 1. The second-order valence-electron chi connectivity index (χ2n) is 4.79. The Morgan fingerprint density at radius 3 is 2.84 bits per heavy atom. The number of aryl methyl sites for hydroxylation is 1. The number of aromatic nitrogens is 1. The van der Waals surface area contributed by atoms with Crippen molar-refractivity contribution >= 4 is 16.8 Å². The van der Waals surface area contributed by atoms with Gasteiger partial charge in [0.2, 0.25) is 5.91 Å². The Morgan fingerprint density at radius 2 is 2.16 bits per heavy atom. The van der Waals surface area contributed by atoms with Gasteiger partial charge in [-0.3, -0.25) is 4.79 Å². The summed E-state index contributed by atoms with van der Waals surface area (Å²) in [5.74, 6) is -0.0645. The summed E-state index contributed by atoms with van der Waals surface area (Å²) in [5, 5.41) is 13.1. The number of para-hydroxylation sites is 1. The summed E-state index contributed by atoms with van der Waals surface area (Å²) in [6.07, 6.45) is 0.730. The summed E-state index contributed by atoms with van der Waals surface area (Å²) >= 11 is 0. The molecule has 0 aliphatic carbocycles. The van der Waals surface area contributed by atoms with Crippen LogP contribution in [0.15, 0.2) is 30.3 Å². The minimum Gasteiger partial charge on any atom is -0.394 e. The van der Waals surface area contributed by atoms with Crippen molar-refractivity contribution < 1.29 is 9.90 Å². The molecule has 0 radical (unpaired) electrons. The Kier molecular flexibility index (Phi) is 4.22. The first-order chi connectivity index (χ1) is 9.15. The van der Waals surface area contributed by atoms with Crippen LogP contribution in [0.4, 0.5) is 0 Å². The van der Waals surface area contributed by atoms with Crippen molar-refractivity contribution in [2.24, 2.45) is 0 Å². The average molecular weight is 260 g/mol. The lowest BCUT2D eigenvalue weighted by Gasteiger charge is -2.15. The van der Waals surface area contributed by atoms with E-state index in [9.17, 15) is 4.79 Å². The number of benzene rings is 1. The van der Waals surface area contributed by atoms with E-state index < -0.39 is 0 Å². The molecule has 1 aromatic heterocycles. The molecular formula is C15H20N2O2. The third kappa shape index (κ3) is 2.96. The van der Waals surface area contributed by atoms with E-state index in [2.05, 4.69) is 11.4 Å². The molecule has 1 atom stereocenters. The van der Waals surface area contributed by atoms with Crippen LogP contribution < -0.4 is 5.32 Å². The van der Waals surface area contributed by atoms with E-state index in [1.54, 1.807) is 0 Å². The third-order valence-corrected chi connectivity index (χ3v) is 3.40. The molecule has 0 spiro atoms. The first-order valence-electron chi connectivity index (χ1n) is 6.60. The highest BCUT2D eigenvalue weighted by Crippen LogP contribution is 2.18. The number of hydrogen-bond donors (Lipinski definition) is 2. The SMILES string of the molecule is CC[C@@H](CO)NC(=O)Cn1c(C)cc2ccccc21. The molecule has 1 aromatic carbocycles. The fourth-order valence-corrected chi connectivity index (χ4v) is 2.25. The predicted molar refractivity (Wildman–Crippen MR) is 76.0 cm³/mol. The van der Waals surface area contributed by atoms with E-state index in [4.69, 9.17) is 5.11 Å². The van der Waals surface area contributed by atoms with Gasteiger partial charge in [-0.05, 0) is 30.9 Å². The molecule has 19 heavy (non-hydrogen) atoms. The third-order valence-electron chi connectivity index (χ3n) is 3.40. The first-order valence-corrected chi connectivity index (χ1v) is 6.60. The molecule has 1 amide bonds. The van der Waals surface area contributed by atoms with Crippen LogP contribution in [-0.4, -0.2) is 28.2 Å². The maximum absolute atomic E-state index is 12.0. The molecule has 0 saturated heterocycles. The van der Waals surface area contributed by atoms with Crippen molar-refractivity contribution in [2.45, 2.75) is 32.9 Å². The molecule has 2 N–H and O–H groups in total. The van der Waals surface area contributed by atoms with Gasteiger partial charge in [0.05, 0.1) is 12.6 Å². The highest BCUT2D eigenvalue weighted by molar-refractivity contribution is 5.84.